The van der Waals surface area contributed by atoms with Gasteiger partial charge in [-0.2, -0.15) is 5.26 Å². The maximum absolute atomic E-state index is 13.3. The molecule has 3 nitrogen and oxygen atoms in total. The van der Waals surface area contributed by atoms with Crippen molar-refractivity contribution in [3.05, 3.63) is 59.4 Å². The summed E-state index contributed by atoms with van der Waals surface area (Å²) in [7, 11) is 0. The van der Waals surface area contributed by atoms with Crippen molar-refractivity contribution in [2.45, 2.75) is 20.0 Å². The van der Waals surface area contributed by atoms with Gasteiger partial charge in [0.25, 0.3) is 0 Å². The Kier molecular flexibility index (Phi) is 5.16. The summed E-state index contributed by atoms with van der Waals surface area (Å²) in [4.78, 5) is 0. The van der Waals surface area contributed by atoms with Crippen LogP contribution >= 0.6 is 0 Å². The van der Waals surface area contributed by atoms with Crippen LogP contribution in [0.4, 0.5) is 4.39 Å². The van der Waals surface area contributed by atoms with Gasteiger partial charge in [-0.05, 0) is 36.2 Å². The molecule has 0 aliphatic heterocycles. The topological polar surface area (TPSA) is 42.2 Å². The maximum atomic E-state index is 13.3. The van der Waals surface area contributed by atoms with Crippen molar-refractivity contribution in [3.63, 3.8) is 0 Å². The van der Waals surface area contributed by atoms with E-state index in [0.29, 0.717) is 18.1 Å². The van der Waals surface area contributed by atoms with Crippen LogP contribution < -0.4 is 9.47 Å². The van der Waals surface area contributed by atoms with Crippen LogP contribution in [0, 0.1) is 17.1 Å². The Morgan fingerprint density at radius 2 is 1.81 bits per heavy atom. The van der Waals surface area contributed by atoms with E-state index in [1.165, 1.54) is 12.1 Å². The van der Waals surface area contributed by atoms with E-state index in [1.807, 2.05) is 37.3 Å². The van der Waals surface area contributed by atoms with Crippen molar-refractivity contribution >= 4 is 0 Å². The Morgan fingerprint density at radius 1 is 1.10 bits per heavy atom. The number of ether oxygens (including phenoxy) is 2. The van der Waals surface area contributed by atoms with Crippen LogP contribution in [-0.2, 0) is 6.61 Å². The molecule has 0 fully saturated rings. The number of nitriles is 1. The number of rotatable bonds is 6. The fourth-order valence-corrected chi connectivity index (χ4v) is 1.81. The van der Waals surface area contributed by atoms with Gasteiger partial charge < -0.3 is 9.47 Å². The van der Waals surface area contributed by atoms with Crippen LogP contribution in [0.2, 0.25) is 0 Å². The van der Waals surface area contributed by atoms with Crippen LogP contribution in [0.25, 0.3) is 0 Å². The lowest BCUT2D eigenvalue weighted by molar-refractivity contribution is 0.262. The molecular weight excluding hydrogens is 269 g/mol. The van der Waals surface area contributed by atoms with Gasteiger partial charge in [-0.15, -0.1) is 0 Å². The van der Waals surface area contributed by atoms with Gasteiger partial charge >= 0.3 is 0 Å². The molecule has 2 aromatic rings. The zero-order valence-electron chi connectivity index (χ0n) is 11.8. The lowest BCUT2D eigenvalue weighted by Gasteiger charge is -2.12. The van der Waals surface area contributed by atoms with Gasteiger partial charge in [0, 0.05) is 0 Å². The SMILES string of the molecule is CCCOc1ccccc1OCc1ccc(F)c(C#N)c1. The predicted molar refractivity (Wildman–Crippen MR) is 77.7 cm³/mol. The molecule has 0 aromatic heterocycles. The van der Waals surface area contributed by atoms with Crippen molar-refractivity contribution < 1.29 is 13.9 Å². The smallest absolute Gasteiger partial charge is 0.161 e. The van der Waals surface area contributed by atoms with Gasteiger partial charge in [0.15, 0.2) is 11.5 Å². The van der Waals surface area contributed by atoms with Crippen molar-refractivity contribution in [2.75, 3.05) is 6.61 Å². The van der Waals surface area contributed by atoms with Gasteiger partial charge in [-0.25, -0.2) is 4.39 Å². The average Bonchev–Trinajstić information content (AvgIpc) is 2.53. The molecule has 4 heteroatoms. The quantitative estimate of drug-likeness (QED) is 0.803. The second-order valence-corrected chi connectivity index (χ2v) is 4.51. The van der Waals surface area contributed by atoms with Crippen molar-refractivity contribution in [2.24, 2.45) is 0 Å². The lowest BCUT2D eigenvalue weighted by Crippen LogP contribution is -2.01. The molecule has 0 aliphatic rings. The van der Waals surface area contributed by atoms with E-state index in [0.717, 1.165) is 12.0 Å². The first-order valence-corrected chi connectivity index (χ1v) is 6.77. The molecule has 0 saturated carbocycles. The summed E-state index contributed by atoms with van der Waals surface area (Å²) in [5.74, 6) is 0.795. The molecular formula is C17H16FNO2. The summed E-state index contributed by atoms with van der Waals surface area (Å²) >= 11 is 0. The number of nitrogens with zero attached hydrogens (tertiary/aromatic N) is 1. The normalized spacial score (nSPS) is 9.95. The minimum absolute atomic E-state index is 0.0200. The molecule has 0 atom stereocenters. The van der Waals surface area contributed by atoms with E-state index in [-0.39, 0.29) is 12.2 Å². The Bertz CT molecular complexity index is 649. The van der Waals surface area contributed by atoms with Gasteiger partial charge in [0.2, 0.25) is 0 Å². The number of hydrogen-bond acceptors (Lipinski definition) is 3. The second-order valence-electron chi connectivity index (χ2n) is 4.51. The zero-order chi connectivity index (χ0) is 15.1. The number of halogens is 1. The van der Waals surface area contributed by atoms with Gasteiger partial charge in [-0.1, -0.05) is 25.1 Å². The third-order valence-corrected chi connectivity index (χ3v) is 2.86. The van der Waals surface area contributed by atoms with Crippen LogP contribution in [0.1, 0.15) is 24.5 Å². The van der Waals surface area contributed by atoms with E-state index < -0.39 is 5.82 Å². The Labute approximate surface area is 123 Å². The molecule has 0 unspecified atom stereocenters. The maximum Gasteiger partial charge on any atom is 0.161 e. The first-order chi connectivity index (χ1) is 10.2. The summed E-state index contributed by atoms with van der Waals surface area (Å²) in [5.41, 5.74) is 0.755. The molecule has 0 N–H and O–H groups in total. The van der Waals surface area contributed by atoms with E-state index in [9.17, 15) is 4.39 Å². The Balaban J connectivity index is 2.08. The van der Waals surface area contributed by atoms with E-state index in [1.54, 1.807) is 6.07 Å². The van der Waals surface area contributed by atoms with Gasteiger partial charge in [0.05, 0.1) is 12.2 Å². The molecule has 0 heterocycles. The van der Waals surface area contributed by atoms with Crippen molar-refractivity contribution in [1.82, 2.24) is 0 Å². The standard InChI is InChI=1S/C17H16FNO2/c1-2-9-20-16-5-3-4-6-17(16)21-12-13-7-8-15(18)14(10-13)11-19/h3-8,10H,2,9,12H2,1H3. The number of benzene rings is 2. The highest BCUT2D eigenvalue weighted by molar-refractivity contribution is 5.40. The van der Waals surface area contributed by atoms with E-state index in [4.69, 9.17) is 14.7 Å². The molecule has 0 radical (unpaired) electrons. The zero-order valence-corrected chi connectivity index (χ0v) is 11.8. The molecule has 0 aliphatic carbocycles. The summed E-state index contributed by atoms with van der Waals surface area (Å²) in [6, 6.07) is 13.6. The molecule has 0 amide bonds. The minimum Gasteiger partial charge on any atom is -0.490 e. The van der Waals surface area contributed by atoms with Crippen molar-refractivity contribution in [1.29, 1.82) is 5.26 Å². The molecule has 0 bridgehead atoms. The van der Waals surface area contributed by atoms with E-state index >= 15 is 0 Å². The van der Waals surface area contributed by atoms with Crippen LogP contribution in [0.3, 0.4) is 0 Å². The summed E-state index contributed by atoms with van der Waals surface area (Å²) < 4.78 is 24.6. The van der Waals surface area contributed by atoms with Crippen LogP contribution in [0.15, 0.2) is 42.5 Å². The first-order valence-electron chi connectivity index (χ1n) is 6.77. The Hall–Kier alpha value is -2.54. The summed E-state index contributed by atoms with van der Waals surface area (Å²) in [5, 5.41) is 8.82. The Morgan fingerprint density at radius 3 is 2.48 bits per heavy atom. The third kappa shape index (κ3) is 3.96. The van der Waals surface area contributed by atoms with E-state index in [2.05, 4.69) is 0 Å². The molecule has 0 spiro atoms. The first kappa shape index (κ1) is 14.9. The lowest BCUT2D eigenvalue weighted by atomic mass is 10.1. The largest absolute Gasteiger partial charge is 0.490 e. The minimum atomic E-state index is -0.520. The molecule has 21 heavy (non-hydrogen) atoms. The monoisotopic (exact) mass is 285 g/mol. The van der Waals surface area contributed by atoms with Crippen LogP contribution in [-0.4, -0.2) is 6.61 Å². The predicted octanol–water partition coefficient (Wildman–Crippen LogP) is 4.07. The molecule has 2 rings (SSSR count). The highest BCUT2D eigenvalue weighted by atomic mass is 19.1. The molecule has 108 valence electrons. The fraction of sp³-hybridized carbons (Fsp3) is 0.235. The summed E-state index contributed by atoms with van der Waals surface area (Å²) in [6.45, 7) is 2.91. The summed E-state index contributed by atoms with van der Waals surface area (Å²) in [6.07, 6.45) is 0.915. The molecule has 2 aromatic carbocycles. The average molecular weight is 285 g/mol. The van der Waals surface area contributed by atoms with Gasteiger partial charge in [0.1, 0.15) is 18.5 Å². The molecule has 0 saturated heterocycles. The van der Waals surface area contributed by atoms with Crippen LogP contribution in [0.5, 0.6) is 11.5 Å². The third-order valence-electron chi connectivity index (χ3n) is 2.86. The van der Waals surface area contributed by atoms with Crippen molar-refractivity contribution in [3.8, 4) is 17.6 Å². The fourth-order valence-electron chi connectivity index (χ4n) is 1.81. The highest BCUT2D eigenvalue weighted by Crippen LogP contribution is 2.27. The number of hydrogen-bond donors (Lipinski definition) is 0. The highest BCUT2D eigenvalue weighted by Gasteiger charge is 2.06. The second kappa shape index (κ2) is 7.30. The number of para-hydroxylation sites is 2. The van der Waals surface area contributed by atoms with Gasteiger partial charge in [-0.3, -0.25) is 0 Å².